The van der Waals surface area contributed by atoms with Crippen molar-refractivity contribution < 1.29 is 19.6 Å². The van der Waals surface area contributed by atoms with E-state index in [1.54, 1.807) is 0 Å². The van der Waals surface area contributed by atoms with Gasteiger partial charge in [-0.3, -0.25) is 19.7 Å². The summed E-state index contributed by atoms with van der Waals surface area (Å²) >= 11 is 5.76. The summed E-state index contributed by atoms with van der Waals surface area (Å²) in [6, 6.07) is 11.7. The third kappa shape index (κ3) is 2.33. The number of fused-ring (bicyclic) bond motifs is 1. The molecule has 0 aromatic heterocycles. The molecule has 7 heteroatoms. The van der Waals surface area contributed by atoms with Gasteiger partial charge in [-0.05, 0) is 17.7 Å². The van der Waals surface area contributed by atoms with Gasteiger partial charge in [0.2, 0.25) is 11.6 Å². The van der Waals surface area contributed by atoms with E-state index < -0.39 is 27.8 Å². The predicted octanol–water partition coefficient (Wildman–Crippen LogP) is 2.77. The number of Topliss-reactive ketones (excluding diaryl/α,β-unsaturated/α-hetero) is 2. The first-order valence-electron chi connectivity index (χ1n) is 6.89. The number of nitro groups is 1. The van der Waals surface area contributed by atoms with Gasteiger partial charge in [-0.25, -0.2) is 0 Å². The molecule has 1 aliphatic rings. The third-order valence-electron chi connectivity index (χ3n) is 3.81. The fourth-order valence-corrected chi connectivity index (χ4v) is 2.74. The summed E-state index contributed by atoms with van der Waals surface area (Å²) in [5.41, 5.74) is -3.47. The van der Waals surface area contributed by atoms with E-state index in [2.05, 4.69) is 0 Å². The highest BCUT2D eigenvalue weighted by Gasteiger charge is 2.60. The van der Waals surface area contributed by atoms with Crippen molar-refractivity contribution in [2.24, 2.45) is 0 Å². The van der Waals surface area contributed by atoms with Crippen molar-refractivity contribution in [3.05, 3.63) is 86.1 Å². The standard InChI is InChI=1S/C17H10ClNO5/c18-11-7-5-10(6-8-11)9-14(19(23)24)17(22)15(20)12-3-1-2-4-13(12)16(17)21/h1-9,22H/b14-9-. The van der Waals surface area contributed by atoms with E-state index in [-0.39, 0.29) is 11.1 Å². The second kappa shape index (κ2) is 5.67. The van der Waals surface area contributed by atoms with Crippen LogP contribution in [-0.2, 0) is 0 Å². The summed E-state index contributed by atoms with van der Waals surface area (Å²) in [4.78, 5) is 35.5. The molecular weight excluding hydrogens is 334 g/mol. The number of hydrogen-bond acceptors (Lipinski definition) is 5. The Bertz CT molecular complexity index is 866. The minimum Gasteiger partial charge on any atom is -0.366 e. The number of nitrogens with zero attached hydrogens (tertiary/aromatic N) is 1. The first kappa shape index (κ1) is 16.0. The largest absolute Gasteiger partial charge is 0.366 e. The minimum atomic E-state index is -2.84. The number of carbonyl (C=O) groups excluding carboxylic acids is 2. The summed E-state index contributed by atoms with van der Waals surface area (Å²) in [7, 11) is 0. The Balaban J connectivity index is 2.16. The lowest BCUT2D eigenvalue weighted by Crippen LogP contribution is -2.45. The predicted molar refractivity (Wildman–Crippen MR) is 86.5 cm³/mol. The third-order valence-corrected chi connectivity index (χ3v) is 4.07. The number of benzene rings is 2. The van der Waals surface area contributed by atoms with Gasteiger partial charge in [-0.1, -0.05) is 48.0 Å². The summed E-state index contributed by atoms with van der Waals surface area (Å²) in [6.07, 6.45) is 0.998. The maximum atomic E-state index is 12.5. The van der Waals surface area contributed by atoms with Crippen molar-refractivity contribution in [1.82, 2.24) is 0 Å². The molecule has 1 N–H and O–H groups in total. The van der Waals surface area contributed by atoms with Crippen LogP contribution < -0.4 is 0 Å². The van der Waals surface area contributed by atoms with Gasteiger partial charge >= 0.3 is 0 Å². The second-order valence-corrected chi connectivity index (χ2v) is 5.69. The maximum absolute atomic E-state index is 12.5. The summed E-state index contributed by atoms with van der Waals surface area (Å²) in [6.45, 7) is 0. The molecule has 24 heavy (non-hydrogen) atoms. The first-order chi connectivity index (χ1) is 11.4. The summed E-state index contributed by atoms with van der Waals surface area (Å²) in [5.74, 6) is -2.00. The Morgan fingerprint density at radius 1 is 1.04 bits per heavy atom. The summed E-state index contributed by atoms with van der Waals surface area (Å²) in [5, 5.41) is 22.5. The van der Waals surface area contributed by atoms with Crippen LogP contribution in [0.1, 0.15) is 26.3 Å². The maximum Gasteiger partial charge on any atom is 0.294 e. The molecule has 3 rings (SSSR count). The molecule has 0 amide bonds. The van der Waals surface area contributed by atoms with Gasteiger partial charge < -0.3 is 5.11 Å². The molecule has 0 unspecified atom stereocenters. The van der Waals surface area contributed by atoms with Crippen molar-refractivity contribution in [2.45, 2.75) is 5.60 Å². The van der Waals surface area contributed by atoms with Gasteiger partial charge in [0.25, 0.3) is 11.3 Å². The molecule has 2 aromatic rings. The normalized spacial score (nSPS) is 16.2. The molecule has 6 nitrogen and oxygen atoms in total. The van der Waals surface area contributed by atoms with Crippen LogP contribution in [0.3, 0.4) is 0 Å². The van der Waals surface area contributed by atoms with E-state index in [4.69, 9.17) is 11.6 Å². The Kier molecular flexibility index (Phi) is 3.79. The number of halogens is 1. The highest BCUT2D eigenvalue weighted by Crippen LogP contribution is 2.36. The zero-order valence-electron chi connectivity index (χ0n) is 12.1. The smallest absolute Gasteiger partial charge is 0.294 e. The number of carbonyl (C=O) groups is 2. The van der Waals surface area contributed by atoms with E-state index in [9.17, 15) is 24.8 Å². The van der Waals surface area contributed by atoms with Crippen LogP contribution in [0, 0.1) is 10.1 Å². The van der Waals surface area contributed by atoms with E-state index in [0.29, 0.717) is 10.6 Å². The number of aliphatic hydroxyl groups is 1. The second-order valence-electron chi connectivity index (χ2n) is 5.25. The molecule has 0 heterocycles. The lowest BCUT2D eigenvalue weighted by Gasteiger charge is -2.15. The molecule has 0 aliphatic heterocycles. The highest BCUT2D eigenvalue weighted by molar-refractivity contribution is 6.34. The Morgan fingerprint density at radius 3 is 2.00 bits per heavy atom. The molecule has 0 bridgehead atoms. The van der Waals surface area contributed by atoms with Gasteiger partial charge in [0.05, 0.1) is 4.92 Å². The highest BCUT2D eigenvalue weighted by atomic mass is 35.5. The zero-order chi connectivity index (χ0) is 17.5. The Labute approximate surface area is 141 Å². The van der Waals surface area contributed by atoms with E-state index in [1.807, 2.05) is 0 Å². The zero-order valence-corrected chi connectivity index (χ0v) is 12.9. The Hall–Kier alpha value is -2.83. The van der Waals surface area contributed by atoms with Crippen molar-refractivity contribution in [3.8, 4) is 0 Å². The molecule has 2 aromatic carbocycles. The average Bonchev–Trinajstić information content (AvgIpc) is 2.77. The fraction of sp³-hybridized carbons (Fsp3) is 0.0588. The SMILES string of the molecule is O=C1c2ccccc2C(=O)C1(O)/C(=C/c1ccc(Cl)cc1)[N+](=O)[O-]. The molecule has 1 aliphatic carbocycles. The molecular formula is C17H10ClNO5. The van der Waals surface area contributed by atoms with Crippen LogP contribution in [0.4, 0.5) is 0 Å². The summed E-state index contributed by atoms with van der Waals surface area (Å²) < 4.78 is 0. The van der Waals surface area contributed by atoms with Crippen LogP contribution in [0.25, 0.3) is 6.08 Å². The fourth-order valence-electron chi connectivity index (χ4n) is 2.61. The quantitative estimate of drug-likeness (QED) is 0.525. The van der Waals surface area contributed by atoms with E-state index in [0.717, 1.165) is 6.08 Å². The van der Waals surface area contributed by atoms with Crippen LogP contribution in [0.2, 0.25) is 5.02 Å². The van der Waals surface area contributed by atoms with E-state index >= 15 is 0 Å². The molecule has 0 saturated heterocycles. The molecule has 0 radical (unpaired) electrons. The van der Waals surface area contributed by atoms with Crippen molar-refractivity contribution in [2.75, 3.05) is 0 Å². The average molecular weight is 344 g/mol. The number of rotatable bonds is 3. The van der Waals surface area contributed by atoms with Gasteiger partial charge in [0.15, 0.2) is 0 Å². The van der Waals surface area contributed by atoms with Gasteiger partial charge in [-0.15, -0.1) is 0 Å². The van der Waals surface area contributed by atoms with Crippen LogP contribution >= 0.6 is 11.6 Å². The van der Waals surface area contributed by atoms with E-state index in [1.165, 1.54) is 48.5 Å². The van der Waals surface area contributed by atoms with Crippen LogP contribution in [0.5, 0.6) is 0 Å². The lowest BCUT2D eigenvalue weighted by molar-refractivity contribution is -0.435. The van der Waals surface area contributed by atoms with Crippen molar-refractivity contribution >= 4 is 29.2 Å². The van der Waals surface area contributed by atoms with Gasteiger partial charge in [-0.2, -0.15) is 0 Å². The van der Waals surface area contributed by atoms with Crippen LogP contribution in [-0.4, -0.2) is 27.2 Å². The van der Waals surface area contributed by atoms with Crippen molar-refractivity contribution in [1.29, 1.82) is 0 Å². The van der Waals surface area contributed by atoms with Gasteiger partial charge in [0, 0.05) is 22.2 Å². The minimum absolute atomic E-state index is 0.0335. The van der Waals surface area contributed by atoms with Crippen molar-refractivity contribution in [3.63, 3.8) is 0 Å². The molecule has 120 valence electrons. The Morgan fingerprint density at radius 2 is 1.54 bits per heavy atom. The molecule has 0 fully saturated rings. The molecule has 0 atom stereocenters. The lowest BCUT2D eigenvalue weighted by atomic mass is 9.92. The molecule has 0 spiro atoms. The monoisotopic (exact) mass is 343 g/mol. The number of ketones is 2. The first-order valence-corrected chi connectivity index (χ1v) is 7.26. The topological polar surface area (TPSA) is 97.5 Å². The van der Waals surface area contributed by atoms with Crippen LogP contribution in [0.15, 0.2) is 54.2 Å². The number of hydrogen-bond donors (Lipinski definition) is 1. The van der Waals surface area contributed by atoms with Gasteiger partial charge in [0.1, 0.15) is 0 Å². The molecule has 0 saturated carbocycles.